The number of morpholine rings is 1. The zero-order valence-electron chi connectivity index (χ0n) is 15.8. The molecule has 8 nitrogen and oxygen atoms in total. The summed E-state index contributed by atoms with van der Waals surface area (Å²) in [5.74, 6) is -0.697. The molecule has 0 aliphatic carbocycles. The van der Waals surface area contributed by atoms with Crippen molar-refractivity contribution in [3.63, 3.8) is 0 Å². The predicted octanol–water partition coefficient (Wildman–Crippen LogP) is 1.26. The Morgan fingerprint density at radius 3 is 2.39 bits per heavy atom. The normalized spacial score (nSPS) is 19.2. The van der Waals surface area contributed by atoms with Crippen molar-refractivity contribution in [2.24, 2.45) is 0 Å². The first-order valence-corrected chi connectivity index (χ1v) is 11.8. The lowest BCUT2D eigenvalue weighted by atomic mass is 10.2. The third-order valence-corrected chi connectivity index (χ3v) is 8.29. The van der Waals surface area contributed by atoms with Crippen molar-refractivity contribution in [3.05, 3.63) is 17.0 Å². The zero-order valence-corrected chi connectivity index (χ0v) is 17.4. The topological polar surface area (TPSA) is 93.2 Å². The van der Waals surface area contributed by atoms with Crippen molar-refractivity contribution in [1.29, 1.82) is 0 Å². The fourth-order valence-electron chi connectivity index (χ4n) is 3.25. The minimum Gasteiger partial charge on any atom is -0.455 e. The lowest BCUT2D eigenvalue weighted by Crippen LogP contribution is -2.40. The molecular weight excluding hydrogens is 404 g/mol. The molecule has 0 spiro atoms. The molecule has 10 heteroatoms. The van der Waals surface area contributed by atoms with Gasteiger partial charge in [0.2, 0.25) is 0 Å². The number of hydrogen-bond acceptors (Lipinski definition) is 7. The zero-order chi connectivity index (χ0) is 20.0. The highest BCUT2D eigenvalue weighted by Crippen LogP contribution is 2.26. The van der Waals surface area contributed by atoms with Gasteiger partial charge in [-0.3, -0.25) is 9.59 Å². The minimum absolute atomic E-state index is 0.0451. The second-order valence-corrected chi connectivity index (χ2v) is 10.2. The van der Waals surface area contributed by atoms with Crippen LogP contribution in [0, 0.1) is 0 Å². The number of carbonyl (C=O) groups is 2. The Hall–Kier alpha value is -1.49. The highest BCUT2D eigenvalue weighted by molar-refractivity contribution is 7.91. The van der Waals surface area contributed by atoms with Gasteiger partial charge < -0.3 is 14.4 Å². The highest BCUT2D eigenvalue weighted by Gasteiger charge is 2.28. The predicted molar refractivity (Wildman–Crippen MR) is 104 cm³/mol. The van der Waals surface area contributed by atoms with Gasteiger partial charge in [0.25, 0.3) is 15.9 Å². The second kappa shape index (κ2) is 9.82. The maximum Gasteiger partial charge on any atom is 0.311 e. The molecule has 0 unspecified atom stereocenters. The van der Waals surface area contributed by atoms with Crippen LogP contribution in [0.25, 0.3) is 0 Å². The van der Waals surface area contributed by atoms with E-state index in [9.17, 15) is 18.0 Å². The molecule has 0 atom stereocenters. The quantitative estimate of drug-likeness (QED) is 0.631. The van der Waals surface area contributed by atoms with Crippen molar-refractivity contribution < 1.29 is 27.5 Å². The van der Waals surface area contributed by atoms with E-state index in [0.29, 0.717) is 44.3 Å². The van der Waals surface area contributed by atoms with E-state index in [1.807, 2.05) is 0 Å². The molecule has 2 aliphatic heterocycles. The van der Waals surface area contributed by atoms with Gasteiger partial charge in [0.05, 0.1) is 19.6 Å². The van der Waals surface area contributed by atoms with Gasteiger partial charge in [-0.15, -0.1) is 11.3 Å². The molecule has 28 heavy (non-hydrogen) atoms. The van der Waals surface area contributed by atoms with Crippen LogP contribution in [0.4, 0.5) is 0 Å². The first-order valence-electron chi connectivity index (χ1n) is 9.57. The number of amides is 1. The molecule has 0 saturated carbocycles. The van der Waals surface area contributed by atoms with E-state index in [4.69, 9.17) is 9.47 Å². The summed E-state index contributed by atoms with van der Waals surface area (Å²) < 4.78 is 37.1. The van der Waals surface area contributed by atoms with E-state index >= 15 is 0 Å². The van der Waals surface area contributed by atoms with Crippen LogP contribution in [0.3, 0.4) is 0 Å². The van der Waals surface area contributed by atoms with Gasteiger partial charge in [-0.2, -0.15) is 4.31 Å². The average molecular weight is 431 g/mol. The summed E-state index contributed by atoms with van der Waals surface area (Å²) in [6.45, 7) is 2.59. The van der Waals surface area contributed by atoms with Gasteiger partial charge in [0.15, 0.2) is 6.61 Å². The van der Waals surface area contributed by atoms with Gasteiger partial charge in [-0.25, -0.2) is 8.42 Å². The number of rotatable bonds is 6. The van der Waals surface area contributed by atoms with Crippen LogP contribution in [0.2, 0.25) is 0 Å². The first-order chi connectivity index (χ1) is 13.5. The number of thiophene rings is 1. The summed E-state index contributed by atoms with van der Waals surface area (Å²) in [7, 11) is -3.56. The van der Waals surface area contributed by atoms with Crippen molar-refractivity contribution >= 4 is 33.2 Å². The average Bonchev–Trinajstić information content (AvgIpc) is 3.00. The molecule has 156 valence electrons. The maximum absolute atomic E-state index is 12.6. The molecule has 1 aromatic heterocycles. The van der Waals surface area contributed by atoms with Gasteiger partial charge in [-0.05, 0) is 25.0 Å². The van der Waals surface area contributed by atoms with Gasteiger partial charge in [0, 0.05) is 31.1 Å². The number of esters is 1. The SMILES string of the molecule is O=C(Cc1ccc(S(=O)(=O)N2CCOCC2)s1)OCC(=O)N1CCCCCC1. The minimum atomic E-state index is -3.56. The van der Waals surface area contributed by atoms with Crippen molar-refractivity contribution in [1.82, 2.24) is 9.21 Å². The molecule has 3 rings (SSSR count). The molecule has 0 N–H and O–H groups in total. The Bertz CT molecular complexity index is 778. The number of hydrogen-bond donors (Lipinski definition) is 0. The molecule has 1 aromatic rings. The van der Waals surface area contributed by atoms with Crippen molar-refractivity contribution in [2.45, 2.75) is 36.3 Å². The van der Waals surface area contributed by atoms with Crippen LogP contribution in [0.1, 0.15) is 30.6 Å². The van der Waals surface area contributed by atoms with E-state index in [1.165, 1.54) is 10.4 Å². The summed E-state index contributed by atoms with van der Waals surface area (Å²) >= 11 is 1.06. The van der Waals surface area contributed by atoms with E-state index in [2.05, 4.69) is 0 Å². The summed E-state index contributed by atoms with van der Waals surface area (Å²) in [6, 6.07) is 3.14. The molecular formula is C18H26N2O6S2. The molecule has 2 aliphatic rings. The Kier molecular flexibility index (Phi) is 7.44. The van der Waals surface area contributed by atoms with E-state index < -0.39 is 16.0 Å². The Morgan fingerprint density at radius 2 is 1.71 bits per heavy atom. The standard InChI is InChI=1S/C18H26N2O6S2/c21-16(19-7-3-1-2-4-8-19)14-26-17(22)13-15-5-6-18(27-15)28(23,24)20-9-11-25-12-10-20/h5-6H,1-4,7-14H2. The third kappa shape index (κ3) is 5.53. The van der Waals surface area contributed by atoms with Gasteiger partial charge in [-0.1, -0.05) is 12.8 Å². The lowest BCUT2D eigenvalue weighted by molar-refractivity contribution is -0.151. The fourth-order valence-corrected chi connectivity index (χ4v) is 6.16. The van der Waals surface area contributed by atoms with Gasteiger partial charge in [0.1, 0.15) is 4.21 Å². The van der Waals surface area contributed by atoms with Crippen LogP contribution < -0.4 is 0 Å². The smallest absolute Gasteiger partial charge is 0.311 e. The lowest BCUT2D eigenvalue weighted by Gasteiger charge is -2.25. The van der Waals surface area contributed by atoms with E-state index in [0.717, 1.165) is 37.0 Å². The highest BCUT2D eigenvalue weighted by atomic mass is 32.2. The van der Waals surface area contributed by atoms with Crippen LogP contribution >= 0.6 is 11.3 Å². The van der Waals surface area contributed by atoms with Crippen molar-refractivity contribution in [3.8, 4) is 0 Å². The summed E-state index contributed by atoms with van der Waals surface area (Å²) in [4.78, 5) is 26.6. The van der Waals surface area contributed by atoms with Crippen LogP contribution in [0.15, 0.2) is 16.3 Å². The third-order valence-electron chi connectivity index (χ3n) is 4.84. The summed E-state index contributed by atoms with van der Waals surface area (Å²) in [5, 5.41) is 0. The van der Waals surface area contributed by atoms with E-state index in [-0.39, 0.29) is 23.1 Å². The fraction of sp³-hybridized carbons (Fsp3) is 0.667. The second-order valence-electron chi connectivity index (χ2n) is 6.87. The summed E-state index contributed by atoms with van der Waals surface area (Å²) in [5.41, 5.74) is 0. The molecule has 0 radical (unpaired) electrons. The molecule has 1 amide bonds. The number of likely N-dealkylation sites (tertiary alicyclic amines) is 1. The largest absolute Gasteiger partial charge is 0.455 e. The van der Waals surface area contributed by atoms with Crippen LogP contribution in [-0.2, 0) is 35.5 Å². The van der Waals surface area contributed by atoms with Crippen LogP contribution in [0.5, 0.6) is 0 Å². The number of carbonyl (C=O) groups excluding carboxylic acids is 2. The van der Waals surface area contributed by atoms with E-state index in [1.54, 1.807) is 11.0 Å². The molecule has 0 aromatic carbocycles. The Morgan fingerprint density at radius 1 is 1.04 bits per heavy atom. The number of nitrogens with zero attached hydrogens (tertiary/aromatic N) is 2. The van der Waals surface area contributed by atoms with Gasteiger partial charge >= 0.3 is 5.97 Å². The molecule has 2 saturated heterocycles. The Labute approximate surface area is 169 Å². The molecule has 0 bridgehead atoms. The van der Waals surface area contributed by atoms with Crippen molar-refractivity contribution in [2.75, 3.05) is 46.0 Å². The summed E-state index contributed by atoms with van der Waals surface area (Å²) in [6.07, 6.45) is 4.16. The molecule has 3 heterocycles. The molecule has 2 fully saturated rings. The monoisotopic (exact) mass is 430 g/mol. The number of sulfonamides is 1. The first kappa shape index (κ1) is 21.2. The maximum atomic E-state index is 12.6. The number of ether oxygens (including phenoxy) is 2. The van der Waals surface area contributed by atoms with Crippen LogP contribution in [-0.4, -0.2) is 75.5 Å². The Balaban J connectivity index is 1.50.